The van der Waals surface area contributed by atoms with Gasteiger partial charge in [0.05, 0.1) is 5.60 Å². The Kier molecular flexibility index (Phi) is 3.42. The predicted octanol–water partition coefficient (Wildman–Crippen LogP) is 1.90. The lowest BCUT2D eigenvalue weighted by atomic mass is 9.78. The van der Waals surface area contributed by atoms with Crippen LogP contribution in [0, 0.1) is 0 Å². The van der Waals surface area contributed by atoms with Crippen molar-refractivity contribution in [2.24, 2.45) is 5.73 Å². The topological polar surface area (TPSA) is 38.5 Å². The maximum Gasteiger partial charge on any atom is 0.0697 e. The van der Waals surface area contributed by atoms with Crippen LogP contribution in [0.15, 0.2) is 0 Å². The van der Waals surface area contributed by atoms with Crippen LogP contribution >= 0.6 is 0 Å². The van der Waals surface area contributed by atoms with Gasteiger partial charge in [-0.1, -0.05) is 19.3 Å². The summed E-state index contributed by atoms with van der Waals surface area (Å²) in [4.78, 5) is 2.63. The average molecular weight is 238 g/mol. The second kappa shape index (κ2) is 4.87. The Labute approximate surface area is 105 Å². The van der Waals surface area contributed by atoms with Crippen molar-refractivity contribution < 1.29 is 4.74 Å². The summed E-state index contributed by atoms with van der Waals surface area (Å²) in [6.07, 6.45) is 10.4. The first kappa shape index (κ1) is 11.9. The predicted molar refractivity (Wildman–Crippen MR) is 69.0 cm³/mol. The van der Waals surface area contributed by atoms with Crippen molar-refractivity contribution in [3.8, 4) is 0 Å². The molecule has 0 bridgehead atoms. The van der Waals surface area contributed by atoms with Crippen LogP contribution in [0.25, 0.3) is 0 Å². The molecule has 2 aliphatic heterocycles. The first-order valence-electron chi connectivity index (χ1n) is 7.41. The zero-order valence-electron chi connectivity index (χ0n) is 10.9. The smallest absolute Gasteiger partial charge is 0.0697 e. The normalized spacial score (nSPS) is 38.6. The van der Waals surface area contributed by atoms with E-state index in [9.17, 15) is 0 Å². The molecule has 0 aromatic rings. The van der Waals surface area contributed by atoms with E-state index in [1.54, 1.807) is 0 Å². The summed E-state index contributed by atoms with van der Waals surface area (Å²) in [6, 6.07) is 1.16. The lowest BCUT2D eigenvalue weighted by Gasteiger charge is -2.46. The Morgan fingerprint density at radius 1 is 1.12 bits per heavy atom. The minimum atomic E-state index is 0.244. The summed E-state index contributed by atoms with van der Waals surface area (Å²) in [5.41, 5.74) is 6.27. The molecule has 17 heavy (non-hydrogen) atoms. The Hall–Kier alpha value is -0.120. The van der Waals surface area contributed by atoms with E-state index in [1.165, 1.54) is 57.9 Å². The Balaban J connectivity index is 1.62. The molecule has 1 unspecified atom stereocenters. The summed E-state index contributed by atoms with van der Waals surface area (Å²) in [5.74, 6) is 0. The fraction of sp³-hybridized carbons (Fsp3) is 1.00. The maximum atomic E-state index is 6.17. The monoisotopic (exact) mass is 238 g/mol. The molecule has 1 spiro atoms. The van der Waals surface area contributed by atoms with Gasteiger partial charge in [-0.25, -0.2) is 0 Å². The van der Waals surface area contributed by atoms with Crippen molar-refractivity contribution in [2.45, 2.75) is 69.1 Å². The molecule has 3 nitrogen and oxygen atoms in total. The van der Waals surface area contributed by atoms with Crippen LogP contribution in [0.3, 0.4) is 0 Å². The standard InChI is InChI=1S/C14H26N2O/c15-12-4-8-16(11-12)13-5-9-17-14(10-13)6-2-1-3-7-14/h12-13H,1-11,15H2/t12-,13?/m0/s1. The van der Waals surface area contributed by atoms with Crippen molar-refractivity contribution in [1.82, 2.24) is 4.90 Å². The number of nitrogens with two attached hydrogens (primary N) is 1. The molecule has 1 aliphatic carbocycles. The number of hydrogen-bond acceptors (Lipinski definition) is 3. The lowest BCUT2D eigenvalue weighted by molar-refractivity contribution is -0.122. The van der Waals surface area contributed by atoms with Gasteiger partial charge in [-0.3, -0.25) is 4.90 Å². The Bertz CT molecular complexity index is 257. The van der Waals surface area contributed by atoms with Crippen LogP contribution in [-0.4, -0.2) is 42.3 Å². The van der Waals surface area contributed by atoms with Crippen molar-refractivity contribution in [1.29, 1.82) is 0 Å². The third-order valence-corrected chi connectivity index (χ3v) is 5.00. The van der Waals surface area contributed by atoms with E-state index in [0.717, 1.165) is 19.2 Å². The molecule has 3 heteroatoms. The molecule has 0 radical (unpaired) electrons. The molecule has 3 rings (SSSR count). The highest BCUT2D eigenvalue weighted by atomic mass is 16.5. The van der Waals surface area contributed by atoms with E-state index in [1.807, 2.05) is 0 Å². The molecule has 2 atom stereocenters. The van der Waals surface area contributed by atoms with Crippen LogP contribution in [0.4, 0.5) is 0 Å². The molecule has 0 aromatic heterocycles. The third kappa shape index (κ3) is 2.51. The van der Waals surface area contributed by atoms with Gasteiger partial charge < -0.3 is 10.5 Å². The van der Waals surface area contributed by atoms with Crippen LogP contribution < -0.4 is 5.73 Å². The fourth-order valence-electron chi connectivity index (χ4n) is 4.01. The van der Waals surface area contributed by atoms with Gasteiger partial charge in [-0.2, -0.15) is 0 Å². The second-order valence-electron chi connectivity index (χ2n) is 6.28. The zero-order valence-corrected chi connectivity index (χ0v) is 10.9. The van der Waals surface area contributed by atoms with Gasteiger partial charge in [0.2, 0.25) is 0 Å². The van der Waals surface area contributed by atoms with Gasteiger partial charge in [0, 0.05) is 31.8 Å². The average Bonchev–Trinajstić information content (AvgIpc) is 2.77. The van der Waals surface area contributed by atoms with Crippen molar-refractivity contribution >= 4 is 0 Å². The van der Waals surface area contributed by atoms with E-state index >= 15 is 0 Å². The Morgan fingerprint density at radius 3 is 2.65 bits per heavy atom. The summed E-state index contributed by atoms with van der Waals surface area (Å²) in [7, 11) is 0. The van der Waals surface area contributed by atoms with E-state index < -0.39 is 0 Å². The first-order valence-corrected chi connectivity index (χ1v) is 7.41. The van der Waals surface area contributed by atoms with Crippen LogP contribution in [0.5, 0.6) is 0 Å². The van der Waals surface area contributed by atoms with E-state index in [4.69, 9.17) is 10.5 Å². The zero-order chi connectivity index (χ0) is 11.7. The highest BCUT2D eigenvalue weighted by molar-refractivity contribution is 4.95. The molecule has 3 aliphatic rings. The molecular weight excluding hydrogens is 212 g/mol. The molecule has 98 valence electrons. The van der Waals surface area contributed by atoms with Gasteiger partial charge in [0.1, 0.15) is 0 Å². The minimum Gasteiger partial charge on any atom is -0.375 e. The first-order chi connectivity index (χ1) is 8.27. The van der Waals surface area contributed by atoms with E-state index in [0.29, 0.717) is 6.04 Å². The highest BCUT2D eigenvalue weighted by Gasteiger charge is 2.41. The quantitative estimate of drug-likeness (QED) is 0.758. The number of ether oxygens (including phenoxy) is 1. The number of nitrogens with zero attached hydrogens (tertiary/aromatic N) is 1. The van der Waals surface area contributed by atoms with E-state index in [2.05, 4.69) is 4.90 Å². The second-order valence-corrected chi connectivity index (χ2v) is 6.28. The van der Waals surface area contributed by atoms with Crippen LogP contribution in [-0.2, 0) is 4.74 Å². The maximum absolute atomic E-state index is 6.17. The lowest BCUT2D eigenvalue weighted by Crippen LogP contribution is -2.49. The largest absolute Gasteiger partial charge is 0.375 e. The molecule has 2 heterocycles. The number of likely N-dealkylation sites (tertiary alicyclic amines) is 1. The molecule has 3 fully saturated rings. The van der Waals surface area contributed by atoms with Gasteiger partial charge in [-0.05, 0) is 32.1 Å². The molecule has 0 aromatic carbocycles. The summed E-state index contributed by atoms with van der Waals surface area (Å²) in [6.45, 7) is 3.29. The summed E-state index contributed by atoms with van der Waals surface area (Å²) >= 11 is 0. The molecular formula is C14H26N2O. The van der Waals surface area contributed by atoms with E-state index in [-0.39, 0.29) is 5.60 Å². The SMILES string of the molecule is N[C@H]1CCN(C2CCOC3(CCCCC3)C2)C1. The molecule has 2 N–H and O–H groups in total. The molecule has 0 amide bonds. The summed E-state index contributed by atoms with van der Waals surface area (Å²) in [5, 5.41) is 0. The summed E-state index contributed by atoms with van der Waals surface area (Å²) < 4.78 is 6.17. The Morgan fingerprint density at radius 2 is 1.94 bits per heavy atom. The van der Waals surface area contributed by atoms with Crippen LogP contribution in [0.2, 0.25) is 0 Å². The number of hydrogen-bond donors (Lipinski definition) is 1. The minimum absolute atomic E-state index is 0.244. The van der Waals surface area contributed by atoms with Gasteiger partial charge in [-0.15, -0.1) is 0 Å². The van der Waals surface area contributed by atoms with Gasteiger partial charge in [0.15, 0.2) is 0 Å². The van der Waals surface area contributed by atoms with Crippen molar-refractivity contribution in [3.05, 3.63) is 0 Å². The molecule has 1 saturated carbocycles. The van der Waals surface area contributed by atoms with Crippen molar-refractivity contribution in [2.75, 3.05) is 19.7 Å². The molecule has 2 saturated heterocycles. The fourth-order valence-corrected chi connectivity index (χ4v) is 4.01. The highest BCUT2D eigenvalue weighted by Crippen LogP contribution is 2.40. The third-order valence-electron chi connectivity index (χ3n) is 5.00. The van der Waals surface area contributed by atoms with Crippen LogP contribution in [0.1, 0.15) is 51.4 Å². The van der Waals surface area contributed by atoms with Gasteiger partial charge >= 0.3 is 0 Å². The number of rotatable bonds is 1. The van der Waals surface area contributed by atoms with Crippen molar-refractivity contribution in [3.63, 3.8) is 0 Å². The van der Waals surface area contributed by atoms with Gasteiger partial charge in [0.25, 0.3) is 0 Å².